The largest absolute Gasteiger partial charge is 0.345 e. The number of nitrogens with one attached hydrogen (secondary N) is 1. The highest BCUT2D eigenvalue weighted by Gasteiger charge is 2.31. The number of carbonyl (C=O) groups is 2. The molecule has 0 bridgehead atoms. The van der Waals surface area contributed by atoms with Crippen molar-refractivity contribution in [2.24, 2.45) is 5.73 Å². The third-order valence-electron chi connectivity index (χ3n) is 3.95. The van der Waals surface area contributed by atoms with Gasteiger partial charge in [0.25, 0.3) is 5.91 Å². The first-order valence-electron chi connectivity index (χ1n) is 7.31. The van der Waals surface area contributed by atoms with E-state index in [0.29, 0.717) is 17.7 Å². The number of hydrogen-bond donors (Lipinski definition) is 2. The molecular weight excluding hydrogens is 266 g/mol. The van der Waals surface area contributed by atoms with E-state index in [2.05, 4.69) is 5.32 Å². The van der Waals surface area contributed by atoms with Crippen LogP contribution in [0.2, 0.25) is 0 Å². The molecule has 114 valence electrons. The van der Waals surface area contributed by atoms with Crippen LogP contribution >= 0.6 is 0 Å². The van der Waals surface area contributed by atoms with E-state index in [1.807, 2.05) is 0 Å². The lowest BCUT2D eigenvalue weighted by Crippen LogP contribution is -2.40. The summed E-state index contributed by atoms with van der Waals surface area (Å²) >= 11 is 0. The van der Waals surface area contributed by atoms with Gasteiger partial charge in [0, 0.05) is 26.1 Å². The van der Waals surface area contributed by atoms with E-state index in [-0.39, 0.29) is 17.4 Å². The third kappa shape index (κ3) is 3.82. The number of carbonyl (C=O) groups excluding carboxylic acids is 2. The van der Waals surface area contributed by atoms with E-state index in [1.165, 1.54) is 4.90 Å². The van der Waals surface area contributed by atoms with Gasteiger partial charge in [-0.15, -0.1) is 0 Å². The molecule has 1 aromatic carbocycles. The molecule has 5 heteroatoms. The fraction of sp³-hybridized carbons (Fsp3) is 0.500. The summed E-state index contributed by atoms with van der Waals surface area (Å²) < 4.78 is 0. The molecule has 0 saturated heterocycles. The van der Waals surface area contributed by atoms with Crippen LogP contribution in [-0.2, 0) is 4.79 Å². The summed E-state index contributed by atoms with van der Waals surface area (Å²) in [4.78, 5) is 25.8. The Hall–Kier alpha value is -1.88. The highest BCUT2D eigenvalue weighted by Crippen LogP contribution is 2.30. The van der Waals surface area contributed by atoms with Crippen LogP contribution in [0.5, 0.6) is 0 Å². The van der Waals surface area contributed by atoms with Crippen LogP contribution in [-0.4, -0.2) is 36.3 Å². The number of hydrogen-bond acceptors (Lipinski definition) is 3. The van der Waals surface area contributed by atoms with Gasteiger partial charge in [-0.1, -0.05) is 25.0 Å². The van der Waals surface area contributed by atoms with Gasteiger partial charge in [0.15, 0.2) is 0 Å². The molecule has 0 unspecified atom stereocenters. The minimum Gasteiger partial charge on any atom is -0.345 e. The zero-order valence-electron chi connectivity index (χ0n) is 12.7. The van der Waals surface area contributed by atoms with Crippen LogP contribution in [0.15, 0.2) is 24.3 Å². The van der Waals surface area contributed by atoms with Gasteiger partial charge in [0.2, 0.25) is 5.91 Å². The molecule has 0 aliphatic heterocycles. The zero-order chi connectivity index (χ0) is 15.5. The second kappa shape index (κ2) is 6.26. The summed E-state index contributed by atoms with van der Waals surface area (Å²) in [5.41, 5.74) is 6.88. The molecule has 1 aliphatic rings. The molecule has 2 amide bonds. The number of nitrogens with zero attached hydrogens (tertiary/aromatic N) is 1. The topological polar surface area (TPSA) is 75.4 Å². The van der Waals surface area contributed by atoms with Crippen molar-refractivity contribution >= 4 is 17.5 Å². The lowest BCUT2D eigenvalue weighted by atomic mass is 9.94. The summed E-state index contributed by atoms with van der Waals surface area (Å²) in [5, 5.41) is 2.83. The van der Waals surface area contributed by atoms with Crippen LogP contribution in [0.1, 0.15) is 42.5 Å². The average Bonchev–Trinajstić information content (AvgIpc) is 2.84. The maximum Gasteiger partial charge on any atom is 0.255 e. The predicted molar refractivity (Wildman–Crippen MR) is 83.1 cm³/mol. The molecule has 3 N–H and O–H groups in total. The van der Waals surface area contributed by atoms with Crippen LogP contribution < -0.4 is 11.1 Å². The number of nitrogens with two attached hydrogens (primary N) is 1. The Bertz CT molecular complexity index is 534. The van der Waals surface area contributed by atoms with Gasteiger partial charge >= 0.3 is 0 Å². The van der Waals surface area contributed by atoms with E-state index in [9.17, 15) is 9.59 Å². The second-order valence-corrected chi connectivity index (χ2v) is 6.04. The van der Waals surface area contributed by atoms with E-state index >= 15 is 0 Å². The molecule has 21 heavy (non-hydrogen) atoms. The van der Waals surface area contributed by atoms with E-state index in [1.54, 1.807) is 38.4 Å². The average molecular weight is 289 g/mol. The Kier molecular flexibility index (Phi) is 4.63. The molecule has 0 spiro atoms. The smallest absolute Gasteiger partial charge is 0.255 e. The van der Waals surface area contributed by atoms with Crippen molar-refractivity contribution in [3.8, 4) is 0 Å². The van der Waals surface area contributed by atoms with Gasteiger partial charge < -0.3 is 16.0 Å². The van der Waals surface area contributed by atoms with Crippen LogP contribution in [0.25, 0.3) is 0 Å². The van der Waals surface area contributed by atoms with Gasteiger partial charge in [-0.25, -0.2) is 0 Å². The first-order chi connectivity index (χ1) is 9.91. The van der Waals surface area contributed by atoms with Crippen molar-refractivity contribution in [2.45, 2.75) is 37.6 Å². The van der Waals surface area contributed by atoms with Crippen molar-refractivity contribution in [2.75, 3.05) is 19.4 Å². The summed E-state index contributed by atoms with van der Waals surface area (Å²) in [6.07, 6.45) is 4.24. The van der Waals surface area contributed by atoms with E-state index in [4.69, 9.17) is 5.73 Å². The summed E-state index contributed by atoms with van der Waals surface area (Å²) in [7, 11) is 3.38. The molecule has 0 heterocycles. The summed E-state index contributed by atoms with van der Waals surface area (Å²) in [6.45, 7) is 0. The van der Waals surface area contributed by atoms with Crippen LogP contribution in [0.4, 0.5) is 5.69 Å². The van der Waals surface area contributed by atoms with Gasteiger partial charge in [0.05, 0.1) is 11.3 Å². The second-order valence-electron chi connectivity index (χ2n) is 6.04. The predicted octanol–water partition coefficient (Wildman–Crippen LogP) is 1.99. The van der Waals surface area contributed by atoms with Gasteiger partial charge in [-0.2, -0.15) is 0 Å². The molecule has 1 fully saturated rings. The van der Waals surface area contributed by atoms with Crippen molar-refractivity contribution in [1.29, 1.82) is 0 Å². The lowest BCUT2D eigenvalue weighted by molar-refractivity contribution is -0.117. The normalized spacial score (nSPS) is 16.5. The Morgan fingerprint density at radius 3 is 2.48 bits per heavy atom. The fourth-order valence-electron chi connectivity index (χ4n) is 2.79. The van der Waals surface area contributed by atoms with Crippen molar-refractivity contribution in [3.05, 3.63) is 29.8 Å². The Morgan fingerprint density at radius 1 is 1.24 bits per heavy atom. The lowest BCUT2D eigenvalue weighted by Gasteiger charge is -2.23. The van der Waals surface area contributed by atoms with Crippen LogP contribution in [0, 0.1) is 0 Å². The van der Waals surface area contributed by atoms with Crippen molar-refractivity contribution in [1.82, 2.24) is 4.90 Å². The minimum atomic E-state index is -0.384. The summed E-state index contributed by atoms with van der Waals surface area (Å²) in [5.74, 6) is -0.257. The fourth-order valence-corrected chi connectivity index (χ4v) is 2.79. The first kappa shape index (κ1) is 15.5. The monoisotopic (exact) mass is 289 g/mol. The zero-order valence-corrected chi connectivity index (χ0v) is 12.7. The van der Waals surface area contributed by atoms with Gasteiger partial charge in [-0.3, -0.25) is 9.59 Å². The number of rotatable bonds is 4. The number of para-hydroxylation sites is 1. The number of amides is 2. The minimum absolute atomic E-state index is 0.126. The molecule has 2 rings (SSSR count). The first-order valence-corrected chi connectivity index (χ1v) is 7.31. The van der Waals surface area contributed by atoms with Crippen molar-refractivity contribution in [3.63, 3.8) is 0 Å². The Labute approximate surface area is 125 Å². The van der Waals surface area contributed by atoms with Gasteiger partial charge in [-0.05, 0) is 25.0 Å². The van der Waals surface area contributed by atoms with Gasteiger partial charge in [0.1, 0.15) is 0 Å². The quantitative estimate of drug-likeness (QED) is 0.890. The Balaban J connectivity index is 2.09. The maximum atomic E-state index is 12.2. The van der Waals surface area contributed by atoms with E-state index < -0.39 is 0 Å². The van der Waals surface area contributed by atoms with Crippen LogP contribution in [0.3, 0.4) is 0 Å². The highest BCUT2D eigenvalue weighted by atomic mass is 16.2. The molecular formula is C16H23N3O2. The molecule has 5 nitrogen and oxygen atoms in total. The Morgan fingerprint density at radius 2 is 1.86 bits per heavy atom. The number of benzene rings is 1. The molecule has 0 radical (unpaired) electrons. The number of anilines is 1. The van der Waals surface area contributed by atoms with E-state index in [0.717, 1.165) is 25.7 Å². The third-order valence-corrected chi connectivity index (χ3v) is 3.95. The standard InChI is InChI=1S/C16H23N3O2/c1-19(2)15(21)12-7-3-4-8-13(12)18-14(20)11-16(17)9-5-6-10-16/h3-4,7-8H,5-6,9-11,17H2,1-2H3,(H,18,20). The molecule has 0 aromatic heterocycles. The highest BCUT2D eigenvalue weighted by molar-refractivity contribution is 6.03. The maximum absolute atomic E-state index is 12.2. The molecule has 0 atom stereocenters. The molecule has 1 aliphatic carbocycles. The molecule has 1 aromatic rings. The summed E-state index contributed by atoms with van der Waals surface area (Å²) in [6, 6.07) is 7.04. The van der Waals surface area contributed by atoms with Crippen molar-refractivity contribution < 1.29 is 9.59 Å². The molecule has 1 saturated carbocycles. The SMILES string of the molecule is CN(C)C(=O)c1ccccc1NC(=O)CC1(N)CCCC1.